The maximum Gasteiger partial charge on any atom is 0.227 e. The lowest BCUT2D eigenvalue weighted by Gasteiger charge is -2.49. The van der Waals surface area contributed by atoms with Gasteiger partial charge < -0.3 is 15.7 Å². The third-order valence-electron chi connectivity index (χ3n) is 4.04. The van der Waals surface area contributed by atoms with Crippen molar-refractivity contribution in [3.63, 3.8) is 0 Å². The zero-order chi connectivity index (χ0) is 14.0. The van der Waals surface area contributed by atoms with E-state index in [2.05, 4.69) is 0 Å². The van der Waals surface area contributed by atoms with Crippen LogP contribution in [0.4, 0.5) is 0 Å². The summed E-state index contributed by atoms with van der Waals surface area (Å²) >= 11 is 0. The molecule has 1 aromatic carbocycles. The Bertz CT molecular complexity index is 465. The summed E-state index contributed by atoms with van der Waals surface area (Å²) in [5, 5.41) is 10.2. The molecule has 0 spiro atoms. The van der Waals surface area contributed by atoms with Crippen LogP contribution in [0, 0.1) is 5.92 Å². The smallest absolute Gasteiger partial charge is 0.227 e. The van der Waals surface area contributed by atoms with Gasteiger partial charge in [0.2, 0.25) is 5.91 Å². The lowest BCUT2D eigenvalue weighted by Crippen LogP contribution is -2.66. The van der Waals surface area contributed by atoms with Gasteiger partial charge >= 0.3 is 0 Å². The Hall–Kier alpha value is -1.39. The number of hydrogen-bond donors (Lipinski definition) is 2. The average molecular weight is 262 g/mol. The second kappa shape index (κ2) is 5.31. The van der Waals surface area contributed by atoms with Gasteiger partial charge in [0, 0.05) is 6.54 Å². The molecular weight excluding hydrogens is 240 g/mol. The molecule has 0 aromatic heterocycles. The van der Waals surface area contributed by atoms with E-state index >= 15 is 0 Å². The van der Waals surface area contributed by atoms with Gasteiger partial charge in [0.05, 0.1) is 19.5 Å². The maximum absolute atomic E-state index is 12.1. The lowest BCUT2D eigenvalue weighted by molar-refractivity contribution is -0.163. The minimum Gasteiger partial charge on any atom is -0.386 e. The van der Waals surface area contributed by atoms with Crippen molar-refractivity contribution in [2.75, 3.05) is 13.1 Å². The summed E-state index contributed by atoms with van der Waals surface area (Å²) < 4.78 is 0. The van der Waals surface area contributed by atoms with E-state index in [1.165, 1.54) is 0 Å². The van der Waals surface area contributed by atoms with Crippen molar-refractivity contribution < 1.29 is 9.90 Å². The van der Waals surface area contributed by atoms with Gasteiger partial charge in [-0.05, 0) is 17.0 Å². The normalized spacial score (nSPS) is 17.4. The average Bonchev–Trinajstić information content (AvgIpc) is 2.35. The number of β-amino-alcohol motifs (C(OH)–C–C–N with tert-alkyl or cyclic N) is 1. The number of benzene rings is 1. The number of carbonyl (C=O) groups excluding carboxylic acids is 1. The Morgan fingerprint density at radius 1 is 1.37 bits per heavy atom. The number of amides is 1. The summed E-state index contributed by atoms with van der Waals surface area (Å²) in [7, 11) is 0. The quantitative estimate of drug-likeness (QED) is 0.848. The predicted octanol–water partition coefficient (Wildman–Crippen LogP) is 0.917. The minimum absolute atomic E-state index is 0.0613. The van der Waals surface area contributed by atoms with Crippen LogP contribution < -0.4 is 5.73 Å². The monoisotopic (exact) mass is 262 g/mol. The summed E-state index contributed by atoms with van der Waals surface area (Å²) in [6.07, 6.45) is 0.363. The van der Waals surface area contributed by atoms with Crippen molar-refractivity contribution in [1.82, 2.24) is 4.90 Å². The molecule has 1 fully saturated rings. The van der Waals surface area contributed by atoms with Gasteiger partial charge in [-0.2, -0.15) is 0 Å². The first-order valence-electron chi connectivity index (χ1n) is 6.73. The van der Waals surface area contributed by atoms with Crippen LogP contribution >= 0.6 is 0 Å². The first-order valence-corrected chi connectivity index (χ1v) is 6.73. The summed E-state index contributed by atoms with van der Waals surface area (Å²) in [4.78, 5) is 13.9. The number of aliphatic hydroxyl groups is 1. The summed E-state index contributed by atoms with van der Waals surface area (Å²) in [5.74, 6) is 0.235. The van der Waals surface area contributed by atoms with Gasteiger partial charge in [-0.25, -0.2) is 0 Å². The molecule has 1 heterocycles. The third-order valence-corrected chi connectivity index (χ3v) is 4.04. The highest BCUT2D eigenvalue weighted by Gasteiger charge is 2.45. The van der Waals surface area contributed by atoms with Gasteiger partial charge in [-0.3, -0.25) is 4.79 Å². The second-order valence-electron chi connectivity index (χ2n) is 5.66. The number of carbonyl (C=O) groups is 1. The van der Waals surface area contributed by atoms with Crippen LogP contribution in [-0.4, -0.2) is 34.6 Å². The zero-order valence-corrected chi connectivity index (χ0v) is 11.6. The summed E-state index contributed by atoms with van der Waals surface area (Å²) in [6.45, 7) is 5.28. The van der Waals surface area contributed by atoms with Crippen LogP contribution in [-0.2, 0) is 17.8 Å². The topological polar surface area (TPSA) is 66.6 Å². The highest BCUT2D eigenvalue weighted by Crippen LogP contribution is 2.29. The number of nitrogens with zero attached hydrogens (tertiary/aromatic N) is 1. The number of rotatable bonds is 4. The lowest BCUT2D eigenvalue weighted by atomic mass is 9.82. The van der Waals surface area contributed by atoms with Crippen LogP contribution in [0.2, 0.25) is 0 Å². The fourth-order valence-corrected chi connectivity index (χ4v) is 2.36. The molecule has 0 saturated carbocycles. The van der Waals surface area contributed by atoms with Crippen molar-refractivity contribution in [2.24, 2.45) is 11.7 Å². The Morgan fingerprint density at radius 2 is 1.95 bits per heavy atom. The number of hydrogen-bond acceptors (Lipinski definition) is 3. The fraction of sp³-hybridized carbons (Fsp3) is 0.533. The molecule has 0 aliphatic carbocycles. The SMILES string of the molecule is CC(C)C1(O)CN(C(=O)Cc2ccccc2CN)C1. The fourth-order valence-electron chi connectivity index (χ4n) is 2.36. The van der Waals surface area contributed by atoms with Gasteiger partial charge in [-0.1, -0.05) is 38.1 Å². The van der Waals surface area contributed by atoms with Crippen LogP contribution in [0.3, 0.4) is 0 Å². The van der Waals surface area contributed by atoms with Crippen molar-refractivity contribution >= 4 is 5.91 Å². The maximum atomic E-state index is 12.1. The Labute approximate surface area is 114 Å². The molecule has 0 unspecified atom stereocenters. The molecular formula is C15H22N2O2. The molecule has 1 aliphatic heterocycles. The van der Waals surface area contributed by atoms with Crippen LogP contribution in [0.5, 0.6) is 0 Å². The van der Waals surface area contributed by atoms with E-state index in [0.29, 0.717) is 26.1 Å². The van der Waals surface area contributed by atoms with Crippen LogP contribution in [0.25, 0.3) is 0 Å². The molecule has 4 heteroatoms. The molecule has 1 aliphatic rings. The van der Waals surface area contributed by atoms with Gasteiger partial charge in [0.1, 0.15) is 5.60 Å². The van der Waals surface area contributed by atoms with Crippen LogP contribution in [0.15, 0.2) is 24.3 Å². The number of likely N-dealkylation sites (tertiary alicyclic amines) is 1. The van der Waals surface area contributed by atoms with E-state index in [4.69, 9.17) is 5.73 Å². The van der Waals surface area contributed by atoms with E-state index in [1.807, 2.05) is 38.1 Å². The van der Waals surface area contributed by atoms with E-state index in [1.54, 1.807) is 4.90 Å². The summed E-state index contributed by atoms with van der Waals surface area (Å²) in [6, 6.07) is 7.73. The zero-order valence-electron chi connectivity index (χ0n) is 11.6. The summed E-state index contributed by atoms with van der Waals surface area (Å²) in [5.41, 5.74) is 6.95. The largest absolute Gasteiger partial charge is 0.386 e. The van der Waals surface area contributed by atoms with Gasteiger partial charge in [0.25, 0.3) is 0 Å². The van der Waals surface area contributed by atoms with Gasteiger partial charge in [-0.15, -0.1) is 0 Å². The van der Waals surface area contributed by atoms with E-state index < -0.39 is 5.60 Å². The molecule has 2 rings (SSSR count). The number of nitrogens with two attached hydrogens (primary N) is 1. The minimum atomic E-state index is -0.705. The Morgan fingerprint density at radius 3 is 2.47 bits per heavy atom. The van der Waals surface area contributed by atoms with Crippen molar-refractivity contribution in [3.8, 4) is 0 Å². The molecule has 1 saturated heterocycles. The van der Waals surface area contributed by atoms with Crippen molar-refractivity contribution in [3.05, 3.63) is 35.4 Å². The first-order chi connectivity index (χ1) is 8.96. The molecule has 104 valence electrons. The highest BCUT2D eigenvalue weighted by atomic mass is 16.3. The first kappa shape index (κ1) is 14.0. The highest BCUT2D eigenvalue weighted by molar-refractivity contribution is 5.80. The standard InChI is InChI=1S/C15H22N2O2/c1-11(2)15(19)9-17(10-15)14(18)7-12-5-3-4-6-13(12)8-16/h3-6,11,19H,7-10,16H2,1-2H3. The predicted molar refractivity (Wildman–Crippen MR) is 74.4 cm³/mol. The van der Waals surface area contributed by atoms with E-state index in [0.717, 1.165) is 11.1 Å². The third kappa shape index (κ3) is 2.80. The van der Waals surface area contributed by atoms with E-state index in [-0.39, 0.29) is 11.8 Å². The van der Waals surface area contributed by atoms with E-state index in [9.17, 15) is 9.90 Å². The van der Waals surface area contributed by atoms with Crippen molar-refractivity contribution in [2.45, 2.75) is 32.4 Å². The Balaban J connectivity index is 1.96. The molecule has 0 radical (unpaired) electrons. The Kier molecular flexibility index (Phi) is 3.92. The molecule has 19 heavy (non-hydrogen) atoms. The molecule has 0 bridgehead atoms. The van der Waals surface area contributed by atoms with Crippen molar-refractivity contribution in [1.29, 1.82) is 0 Å². The molecule has 1 amide bonds. The molecule has 4 nitrogen and oxygen atoms in total. The second-order valence-corrected chi connectivity index (χ2v) is 5.66. The van der Waals surface area contributed by atoms with Crippen LogP contribution in [0.1, 0.15) is 25.0 Å². The molecule has 1 aromatic rings. The van der Waals surface area contributed by atoms with Gasteiger partial charge in [0.15, 0.2) is 0 Å². The molecule has 0 atom stereocenters. The molecule has 3 N–H and O–H groups in total.